The number of esters is 1. The van der Waals surface area contributed by atoms with Gasteiger partial charge in [-0.25, -0.2) is 4.79 Å². The van der Waals surface area contributed by atoms with Crippen LogP contribution < -0.4 is 0 Å². The first-order valence-corrected chi connectivity index (χ1v) is 6.33. The van der Waals surface area contributed by atoms with Crippen molar-refractivity contribution in [1.29, 1.82) is 0 Å². The van der Waals surface area contributed by atoms with Crippen molar-refractivity contribution in [3.8, 4) is 0 Å². The summed E-state index contributed by atoms with van der Waals surface area (Å²) in [5.74, 6) is -0.761. The van der Waals surface area contributed by atoms with E-state index >= 15 is 0 Å². The van der Waals surface area contributed by atoms with Crippen molar-refractivity contribution in [3.05, 3.63) is 34.9 Å². The number of hydrogen-bond donors (Lipinski definition) is 0. The minimum Gasteiger partial charge on any atom is -0.452 e. The van der Waals surface area contributed by atoms with Crippen molar-refractivity contribution >= 4 is 23.5 Å². The molecule has 102 valence electrons. The first-order chi connectivity index (χ1) is 9.16. The number of nitrogens with zero attached hydrogens (tertiary/aromatic N) is 1. The zero-order valence-electron chi connectivity index (χ0n) is 10.3. The molecule has 1 aliphatic rings. The molecule has 5 nitrogen and oxygen atoms in total. The highest BCUT2D eigenvalue weighted by atomic mass is 35.5. The average molecular weight is 284 g/mol. The highest BCUT2D eigenvalue weighted by Crippen LogP contribution is 2.11. The van der Waals surface area contributed by atoms with Gasteiger partial charge in [0, 0.05) is 18.1 Å². The second-order valence-corrected chi connectivity index (χ2v) is 4.52. The van der Waals surface area contributed by atoms with E-state index in [2.05, 4.69) is 0 Å². The van der Waals surface area contributed by atoms with Gasteiger partial charge in [-0.05, 0) is 18.2 Å². The van der Waals surface area contributed by atoms with E-state index in [9.17, 15) is 9.59 Å². The molecule has 2 rings (SSSR count). The van der Waals surface area contributed by atoms with Crippen molar-refractivity contribution in [1.82, 2.24) is 4.90 Å². The SMILES string of the molecule is O=C(OCC(=O)N1CCOCC1)c1cccc(Cl)c1. The molecule has 1 aliphatic heterocycles. The Morgan fingerprint density at radius 1 is 1.32 bits per heavy atom. The van der Waals surface area contributed by atoms with Gasteiger partial charge in [-0.2, -0.15) is 0 Å². The fourth-order valence-electron chi connectivity index (χ4n) is 1.73. The zero-order chi connectivity index (χ0) is 13.7. The van der Waals surface area contributed by atoms with Crippen LogP contribution in [0.1, 0.15) is 10.4 Å². The number of morpholine rings is 1. The second kappa shape index (κ2) is 6.54. The molecule has 0 aliphatic carbocycles. The summed E-state index contributed by atoms with van der Waals surface area (Å²) in [6, 6.07) is 6.41. The van der Waals surface area contributed by atoms with E-state index in [-0.39, 0.29) is 12.5 Å². The van der Waals surface area contributed by atoms with Crippen LogP contribution in [-0.4, -0.2) is 49.7 Å². The van der Waals surface area contributed by atoms with E-state index in [0.717, 1.165) is 0 Å². The van der Waals surface area contributed by atoms with Gasteiger partial charge in [-0.15, -0.1) is 0 Å². The van der Waals surface area contributed by atoms with Crippen molar-refractivity contribution in [2.45, 2.75) is 0 Å². The van der Waals surface area contributed by atoms with Crippen LogP contribution in [0.3, 0.4) is 0 Å². The van der Waals surface area contributed by atoms with Crippen molar-refractivity contribution in [2.75, 3.05) is 32.9 Å². The maximum atomic E-state index is 11.8. The summed E-state index contributed by atoms with van der Waals surface area (Å²) in [5.41, 5.74) is 0.335. The smallest absolute Gasteiger partial charge is 0.338 e. The molecule has 0 N–H and O–H groups in total. The number of halogens is 1. The van der Waals surface area contributed by atoms with Crippen LogP contribution in [0.2, 0.25) is 5.02 Å². The van der Waals surface area contributed by atoms with Gasteiger partial charge in [0.05, 0.1) is 18.8 Å². The second-order valence-electron chi connectivity index (χ2n) is 4.08. The van der Waals surface area contributed by atoms with Crippen LogP contribution >= 0.6 is 11.6 Å². The highest BCUT2D eigenvalue weighted by Gasteiger charge is 2.18. The molecule has 1 fully saturated rings. The minimum absolute atomic E-state index is 0.210. The molecule has 1 aromatic rings. The third-order valence-corrected chi connectivity index (χ3v) is 2.99. The first-order valence-electron chi connectivity index (χ1n) is 5.95. The molecule has 0 atom stereocenters. The van der Waals surface area contributed by atoms with Crippen molar-refractivity contribution in [2.24, 2.45) is 0 Å². The minimum atomic E-state index is -0.552. The van der Waals surface area contributed by atoms with Crippen LogP contribution in [0.15, 0.2) is 24.3 Å². The van der Waals surface area contributed by atoms with Gasteiger partial charge in [0.2, 0.25) is 0 Å². The van der Waals surface area contributed by atoms with Gasteiger partial charge >= 0.3 is 5.97 Å². The molecule has 0 saturated carbocycles. The number of carbonyl (C=O) groups is 2. The molecular weight excluding hydrogens is 270 g/mol. The maximum Gasteiger partial charge on any atom is 0.338 e. The average Bonchev–Trinajstić information content (AvgIpc) is 2.45. The Labute approximate surface area is 116 Å². The highest BCUT2D eigenvalue weighted by molar-refractivity contribution is 6.30. The van der Waals surface area contributed by atoms with E-state index in [1.165, 1.54) is 6.07 Å². The molecule has 0 aromatic heterocycles. The Morgan fingerprint density at radius 2 is 2.05 bits per heavy atom. The third kappa shape index (κ3) is 3.94. The Balaban J connectivity index is 1.84. The number of carbonyl (C=O) groups excluding carboxylic acids is 2. The lowest BCUT2D eigenvalue weighted by atomic mass is 10.2. The Hall–Kier alpha value is -1.59. The summed E-state index contributed by atoms with van der Waals surface area (Å²) in [6.07, 6.45) is 0. The van der Waals surface area contributed by atoms with Gasteiger partial charge in [0.15, 0.2) is 6.61 Å². The summed E-state index contributed by atoms with van der Waals surface area (Å²) < 4.78 is 10.1. The monoisotopic (exact) mass is 283 g/mol. The molecule has 1 saturated heterocycles. The molecule has 0 radical (unpaired) electrons. The molecule has 19 heavy (non-hydrogen) atoms. The Kier molecular flexibility index (Phi) is 4.76. The largest absolute Gasteiger partial charge is 0.452 e. The maximum absolute atomic E-state index is 11.8. The van der Waals surface area contributed by atoms with E-state index in [0.29, 0.717) is 36.9 Å². The number of amides is 1. The van der Waals surface area contributed by atoms with Gasteiger partial charge in [-0.3, -0.25) is 4.79 Å². The number of ether oxygens (including phenoxy) is 2. The molecular formula is C13H14ClNO4. The van der Waals surface area contributed by atoms with Gasteiger partial charge in [-0.1, -0.05) is 17.7 Å². The predicted molar refractivity (Wildman–Crippen MR) is 69.1 cm³/mol. The predicted octanol–water partition coefficient (Wildman–Crippen LogP) is 1.36. The van der Waals surface area contributed by atoms with Crippen LogP contribution in [0.4, 0.5) is 0 Å². The van der Waals surface area contributed by atoms with Gasteiger partial charge in [0.1, 0.15) is 0 Å². The summed E-state index contributed by atoms with van der Waals surface area (Å²) in [5, 5.41) is 0.453. The topological polar surface area (TPSA) is 55.8 Å². The van der Waals surface area contributed by atoms with E-state index in [1.807, 2.05) is 0 Å². The fourth-order valence-corrected chi connectivity index (χ4v) is 1.92. The Bertz CT molecular complexity index is 471. The quantitative estimate of drug-likeness (QED) is 0.786. The molecule has 0 bridgehead atoms. The lowest BCUT2D eigenvalue weighted by molar-refractivity contribution is -0.138. The van der Waals surface area contributed by atoms with Crippen molar-refractivity contribution in [3.63, 3.8) is 0 Å². The molecule has 1 aromatic carbocycles. The van der Waals surface area contributed by atoms with Gasteiger partial charge < -0.3 is 14.4 Å². The third-order valence-electron chi connectivity index (χ3n) is 2.75. The van der Waals surface area contributed by atoms with Crippen molar-refractivity contribution < 1.29 is 19.1 Å². The Morgan fingerprint density at radius 3 is 2.74 bits per heavy atom. The molecule has 1 heterocycles. The summed E-state index contributed by atoms with van der Waals surface area (Å²) in [4.78, 5) is 25.1. The molecule has 6 heteroatoms. The van der Waals surface area contributed by atoms with Crippen LogP contribution in [0.25, 0.3) is 0 Å². The molecule has 0 spiro atoms. The van der Waals surface area contributed by atoms with Crippen LogP contribution in [0, 0.1) is 0 Å². The molecule has 0 unspecified atom stereocenters. The lowest BCUT2D eigenvalue weighted by Gasteiger charge is -2.26. The van der Waals surface area contributed by atoms with Gasteiger partial charge in [0.25, 0.3) is 5.91 Å². The number of benzene rings is 1. The lowest BCUT2D eigenvalue weighted by Crippen LogP contribution is -2.42. The standard InChI is InChI=1S/C13H14ClNO4/c14-11-3-1-2-10(8-11)13(17)19-9-12(16)15-4-6-18-7-5-15/h1-3,8H,4-7,9H2. The van der Waals surface area contributed by atoms with Crippen LogP contribution in [-0.2, 0) is 14.3 Å². The summed E-state index contributed by atoms with van der Waals surface area (Å²) in [7, 11) is 0. The summed E-state index contributed by atoms with van der Waals surface area (Å²) >= 11 is 5.78. The fraction of sp³-hybridized carbons (Fsp3) is 0.385. The summed E-state index contributed by atoms with van der Waals surface area (Å²) in [6.45, 7) is 1.86. The van der Waals surface area contributed by atoms with E-state index in [1.54, 1.807) is 23.1 Å². The molecule has 1 amide bonds. The zero-order valence-corrected chi connectivity index (χ0v) is 11.1. The number of hydrogen-bond acceptors (Lipinski definition) is 4. The van der Waals surface area contributed by atoms with E-state index < -0.39 is 5.97 Å². The van der Waals surface area contributed by atoms with E-state index in [4.69, 9.17) is 21.1 Å². The van der Waals surface area contributed by atoms with Crippen LogP contribution in [0.5, 0.6) is 0 Å². The number of rotatable bonds is 3. The first kappa shape index (κ1) is 13.8. The normalized spacial score (nSPS) is 15.1.